The highest BCUT2D eigenvalue weighted by Crippen LogP contribution is 2.33. The Labute approximate surface area is 159 Å². The summed E-state index contributed by atoms with van der Waals surface area (Å²) in [5, 5.41) is 3.60. The zero-order valence-corrected chi connectivity index (χ0v) is 15.2. The van der Waals surface area contributed by atoms with Gasteiger partial charge in [0.1, 0.15) is 0 Å². The number of methoxy groups -OCH3 is 1. The van der Waals surface area contributed by atoms with E-state index in [-0.39, 0.29) is 18.1 Å². The quantitative estimate of drug-likeness (QED) is 0.593. The Morgan fingerprint density at radius 1 is 1.11 bits per heavy atom. The van der Waals surface area contributed by atoms with Gasteiger partial charge in [-0.2, -0.15) is 13.2 Å². The van der Waals surface area contributed by atoms with Gasteiger partial charge < -0.3 is 10.1 Å². The first kappa shape index (κ1) is 20.5. The molecule has 2 aromatic carbocycles. The summed E-state index contributed by atoms with van der Waals surface area (Å²) in [6.07, 6.45) is -4.42. The van der Waals surface area contributed by atoms with Crippen LogP contribution in [-0.2, 0) is 10.9 Å². The van der Waals surface area contributed by atoms with E-state index in [0.717, 1.165) is 12.1 Å². The minimum atomic E-state index is -4.42. The van der Waals surface area contributed by atoms with Crippen molar-refractivity contribution in [1.82, 2.24) is 4.98 Å². The van der Waals surface area contributed by atoms with E-state index in [1.807, 2.05) is 0 Å². The second-order valence-electron chi connectivity index (χ2n) is 5.74. The number of pyridine rings is 1. The normalized spacial score (nSPS) is 11.0. The fraction of sp³-hybridized carbons (Fsp3) is 0.158. The van der Waals surface area contributed by atoms with E-state index in [1.54, 1.807) is 37.3 Å². The van der Waals surface area contributed by atoms with Gasteiger partial charge in [0.05, 0.1) is 23.8 Å². The molecule has 0 fully saturated rings. The van der Waals surface area contributed by atoms with Crippen LogP contribution in [0, 0.1) is 6.92 Å². The molecule has 0 saturated carbocycles. The SMILES string of the molecule is COC(=O)c1ccc2nc(C)cc(Nc3cccc(C(F)(F)F)c3)c2c1.Cl. The average Bonchev–Trinajstić information content (AvgIpc) is 2.60. The molecule has 0 aliphatic heterocycles. The van der Waals surface area contributed by atoms with Crippen LogP contribution in [0.15, 0.2) is 48.5 Å². The summed E-state index contributed by atoms with van der Waals surface area (Å²) in [6, 6.07) is 11.5. The van der Waals surface area contributed by atoms with Gasteiger partial charge in [0.25, 0.3) is 0 Å². The third kappa shape index (κ3) is 4.49. The van der Waals surface area contributed by atoms with E-state index in [4.69, 9.17) is 4.74 Å². The Balaban J connectivity index is 0.00000261. The number of hydrogen-bond donors (Lipinski definition) is 1. The monoisotopic (exact) mass is 396 g/mol. The van der Waals surface area contributed by atoms with Crippen LogP contribution in [0.5, 0.6) is 0 Å². The molecular formula is C19H16ClF3N2O2. The number of halogens is 4. The lowest BCUT2D eigenvalue weighted by Gasteiger charge is -2.13. The van der Waals surface area contributed by atoms with Crippen molar-refractivity contribution in [3.05, 3.63) is 65.4 Å². The molecule has 0 radical (unpaired) electrons. The molecule has 0 aliphatic rings. The number of fused-ring (bicyclic) bond motifs is 1. The molecule has 3 aromatic rings. The van der Waals surface area contributed by atoms with Crippen molar-refractivity contribution in [2.24, 2.45) is 0 Å². The number of anilines is 2. The molecule has 27 heavy (non-hydrogen) atoms. The Morgan fingerprint density at radius 2 is 1.85 bits per heavy atom. The summed E-state index contributed by atoms with van der Waals surface area (Å²) in [7, 11) is 1.28. The highest BCUT2D eigenvalue weighted by molar-refractivity contribution is 5.99. The molecule has 0 bridgehead atoms. The van der Waals surface area contributed by atoms with Crippen LogP contribution in [0.3, 0.4) is 0 Å². The maximum absolute atomic E-state index is 12.9. The van der Waals surface area contributed by atoms with E-state index in [1.165, 1.54) is 13.2 Å². The summed E-state index contributed by atoms with van der Waals surface area (Å²) in [4.78, 5) is 16.1. The van der Waals surface area contributed by atoms with Gasteiger partial charge in [-0.3, -0.25) is 4.98 Å². The zero-order valence-electron chi connectivity index (χ0n) is 14.4. The molecule has 8 heteroatoms. The van der Waals surface area contributed by atoms with Gasteiger partial charge in [-0.1, -0.05) is 6.07 Å². The van der Waals surface area contributed by atoms with Gasteiger partial charge in [0, 0.05) is 22.5 Å². The molecule has 0 spiro atoms. The molecule has 0 atom stereocenters. The second-order valence-corrected chi connectivity index (χ2v) is 5.74. The number of nitrogens with one attached hydrogen (secondary N) is 1. The third-order valence-electron chi connectivity index (χ3n) is 3.83. The number of aromatic nitrogens is 1. The van der Waals surface area contributed by atoms with Crippen LogP contribution in [0.1, 0.15) is 21.6 Å². The first-order chi connectivity index (χ1) is 12.3. The number of nitrogens with zero attached hydrogens (tertiary/aromatic N) is 1. The van der Waals surface area contributed by atoms with Crippen molar-refractivity contribution in [3.63, 3.8) is 0 Å². The van der Waals surface area contributed by atoms with Crippen molar-refractivity contribution in [2.45, 2.75) is 13.1 Å². The minimum Gasteiger partial charge on any atom is -0.465 e. The van der Waals surface area contributed by atoms with E-state index in [0.29, 0.717) is 27.8 Å². The van der Waals surface area contributed by atoms with Crippen LogP contribution < -0.4 is 5.32 Å². The number of hydrogen-bond acceptors (Lipinski definition) is 4. The van der Waals surface area contributed by atoms with Crippen LogP contribution in [0.2, 0.25) is 0 Å². The molecule has 1 heterocycles. The Bertz CT molecular complexity index is 990. The molecule has 0 amide bonds. The zero-order chi connectivity index (χ0) is 18.9. The molecule has 0 saturated heterocycles. The minimum absolute atomic E-state index is 0. The van der Waals surface area contributed by atoms with E-state index in [2.05, 4.69) is 10.3 Å². The van der Waals surface area contributed by atoms with Crippen molar-refractivity contribution in [3.8, 4) is 0 Å². The van der Waals surface area contributed by atoms with Crippen LogP contribution in [0.25, 0.3) is 10.9 Å². The van der Waals surface area contributed by atoms with Gasteiger partial charge in [0.2, 0.25) is 0 Å². The van der Waals surface area contributed by atoms with Gasteiger partial charge >= 0.3 is 12.1 Å². The van der Waals surface area contributed by atoms with Crippen molar-refractivity contribution < 1.29 is 22.7 Å². The maximum Gasteiger partial charge on any atom is 0.416 e. The summed E-state index contributed by atoms with van der Waals surface area (Å²) in [5.41, 5.74) is 1.74. The van der Waals surface area contributed by atoms with Crippen LogP contribution in [0.4, 0.5) is 24.5 Å². The summed E-state index contributed by atoms with van der Waals surface area (Å²) >= 11 is 0. The van der Waals surface area contributed by atoms with Crippen molar-refractivity contribution in [1.29, 1.82) is 0 Å². The van der Waals surface area contributed by atoms with E-state index < -0.39 is 17.7 Å². The predicted molar refractivity (Wildman–Crippen MR) is 99.8 cm³/mol. The fourth-order valence-corrected chi connectivity index (χ4v) is 2.64. The molecule has 3 rings (SSSR count). The molecule has 1 aromatic heterocycles. The third-order valence-corrected chi connectivity index (χ3v) is 3.83. The smallest absolute Gasteiger partial charge is 0.416 e. The lowest BCUT2D eigenvalue weighted by Crippen LogP contribution is -2.05. The Morgan fingerprint density at radius 3 is 2.52 bits per heavy atom. The maximum atomic E-state index is 12.9. The largest absolute Gasteiger partial charge is 0.465 e. The first-order valence-electron chi connectivity index (χ1n) is 7.72. The number of aryl methyl sites for hydroxylation is 1. The van der Waals surface area contributed by atoms with Gasteiger partial charge in [0.15, 0.2) is 0 Å². The van der Waals surface area contributed by atoms with Crippen molar-refractivity contribution >= 4 is 40.7 Å². The van der Waals surface area contributed by atoms with E-state index in [9.17, 15) is 18.0 Å². The van der Waals surface area contributed by atoms with Crippen LogP contribution >= 0.6 is 12.4 Å². The highest BCUT2D eigenvalue weighted by atomic mass is 35.5. The molecular weight excluding hydrogens is 381 g/mol. The lowest BCUT2D eigenvalue weighted by molar-refractivity contribution is -0.137. The summed E-state index contributed by atoms with van der Waals surface area (Å²) in [6.45, 7) is 1.78. The van der Waals surface area contributed by atoms with E-state index >= 15 is 0 Å². The number of carbonyl (C=O) groups is 1. The fourth-order valence-electron chi connectivity index (χ4n) is 2.64. The second kappa shape index (κ2) is 7.84. The highest BCUT2D eigenvalue weighted by Gasteiger charge is 2.30. The van der Waals surface area contributed by atoms with Gasteiger partial charge in [-0.15, -0.1) is 12.4 Å². The molecule has 0 aliphatic carbocycles. The Hall–Kier alpha value is -2.80. The number of esters is 1. The predicted octanol–water partition coefficient (Wildman–Crippen LogP) is 5.51. The topological polar surface area (TPSA) is 51.2 Å². The molecule has 142 valence electrons. The number of ether oxygens (including phenoxy) is 1. The van der Waals surface area contributed by atoms with Gasteiger partial charge in [-0.05, 0) is 49.4 Å². The number of rotatable bonds is 3. The average molecular weight is 397 g/mol. The molecule has 1 N–H and O–H groups in total. The lowest BCUT2D eigenvalue weighted by atomic mass is 10.1. The number of benzene rings is 2. The van der Waals surface area contributed by atoms with Crippen molar-refractivity contribution in [2.75, 3.05) is 12.4 Å². The standard InChI is InChI=1S/C19H15F3N2O2.ClH/c1-11-8-17(24-14-5-3-4-13(10-14)19(20,21)22)15-9-12(18(25)26-2)6-7-16(15)23-11;/h3-10H,1-2H3,(H,23,24);1H. The summed E-state index contributed by atoms with van der Waals surface area (Å²) < 4.78 is 43.5. The van der Waals surface area contributed by atoms with Crippen LogP contribution in [-0.4, -0.2) is 18.1 Å². The number of alkyl halides is 3. The first-order valence-corrected chi connectivity index (χ1v) is 7.72. The molecule has 0 unspecified atom stereocenters. The number of carbonyl (C=O) groups excluding carboxylic acids is 1. The summed E-state index contributed by atoms with van der Waals surface area (Å²) in [5.74, 6) is -0.502. The Kier molecular flexibility index (Phi) is 5.95. The molecule has 4 nitrogen and oxygen atoms in total. The van der Waals surface area contributed by atoms with Gasteiger partial charge in [-0.25, -0.2) is 4.79 Å².